The maximum Gasteiger partial charge on any atom is 0.251 e. The first-order valence-electron chi connectivity index (χ1n) is 8.83. The zero-order valence-corrected chi connectivity index (χ0v) is 16.8. The second-order valence-electron chi connectivity index (χ2n) is 6.37. The minimum atomic E-state index is -3.66. The summed E-state index contributed by atoms with van der Waals surface area (Å²) in [7, 11) is -2.37. The van der Waals surface area contributed by atoms with Gasteiger partial charge in [-0.3, -0.25) is 4.79 Å². The highest BCUT2D eigenvalue weighted by atomic mass is 32.2. The van der Waals surface area contributed by atoms with Gasteiger partial charge in [-0.25, -0.2) is 13.1 Å². The zero-order valence-electron chi connectivity index (χ0n) is 16.0. The molecule has 0 bridgehead atoms. The van der Waals surface area contributed by atoms with Crippen LogP contribution in [-0.4, -0.2) is 52.5 Å². The minimum absolute atomic E-state index is 0.0116. The van der Waals surface area contributed by atoms with Gasteiger partial charge in [0.1, 0.15) is 18.5 Å². The monoisotopic (exact) mass is 422 g/mol. The number of fused-ring (bicyclic) bond motifs is 1. The normalized spacial score (nSPS) is 13.8. The van der Waals surface area contributed by atoms with Crippen LogP contribution in [0.1, 0.15) is 15.9 Å². The summed E-state index contributed by atoms with van der Waals surface area (Å²) in [6, 6.07) is 9.33. The lowest BCUT2D eigenvalue weighted by molar-refractivity contribution is 0.0843. The number of rotatable bonds is 8. The molecule has 1 aliphatic rings. The largest absolute Gasteiger partial charge is 0.491 e. The van der Waals surface area contributed by atoms with E-state index in [9.17, 15) is 18.3 Å². The molecule has 3 rings (SSSR count). The Morgan fingerprint density at radius 1 is 1.21 bits per heavy atom. The third kappa shape index (κ3) is 4.97. The second-order valence-corrected chi connectivity index (χ2v) is 8.26. The smallest absolute Gasteiger partial charge is 0.251 e. The molecule has 0 spiro atoms. The van der Waals surface area contributed by atoms with Crippen molar-refractivity contribution in [2.45, 2.75) is 17.9 Å². The van der Waals surface area contributed by atoms with E-state index in [0.29, 0.717) is 22.8 Å². The van der Waals surface area contributed by atoms with E-state index in [0.717, 1.165) is 0 Å². The van der Waals surface area contributed by atoms with E-state index < -0.39 is 22.0 Å². The molecule has 0 aromatic heterocycles. The van der Waals surface area contributed by atoms with Gasteiger partial charge in [0.25, 0.3) is 5.91 Å². The number of hydrogen-bond acceptors (Lipinski definition) is 7. The van der Waals surface area contributed by atoms with Gasteiger partial charge in [-0.2, -0.15) is 0 Å². The summed E-state index contributed by atoms with van der Waals surface area (Å²) in [4.78, 5) is 12.4. The Kier molecular flexibility index (Phi) is 6.26. The molecule has 0 radical (unpaired) electrons. The number of aliphatic hydroxyl groups excluding tert-OH is 1. The molecule has 0 saturated carbocycles. The number of nitrogens with one attached hydrogen (secondary N) is 2. The Bertz CT molecular complexity index is 1010. The van der Waals surface area contributed by atoms with Gasteiger partial charge in [0.2, 0.25) is 16.8 Å². The van der Waals surface area contributed by atoms with Crippen molar-refractivity contribution in [2.24, 2.45) is 0 Å². The summed E-state index contributed by atoms with van der Waals surface area (Å²) < 4.78 is 42.0. The Balaban J connectivity index is 1.55. The maximum atomic E-state index is 12.4. The number of carbonyl (C=O) groups is 1. The molecule has 156 valence electrons. The predicted octanol–water partition coefficient (Wildman–Crippen LogP) is 0.802. The summed E-state index contributed by atoms with van der Waals surface area (Å²) in [6.07, 6.45) is -0.964. The van der Waals surface area contributed by atoms with Crippen molar-refractivity contribution >= 4 is 15.9 Å². The van der Waals surface area contributed by atoms with Crippen LogP contribution in [0.25, 0.3) is 0 Å². The predicted molar refractivity (Wildman–Crippen MR) is 104 cm³/mol. The third-order valence-electron chi connectivity index (χ3n) is 4.32. The third-order valence-corrected chi connectivity index (χ3v) is 5.73. The molecule has 10 heteroatoms. The SMILES string of the molecule is CNS(=O)(=O)c1ccc(C)c(C(=O)NCC(O)COc2ccc3c(c2)OCO3)c1. The van der Waals surface area contributed by atoms with Crippen LogP contribution < -0.4 is 24.2 Å². The lowest BCUT2D eigenvalue weighted by atomic mass is 10.1. The number of carbonyl (C=O) groups excluding carboxylic acids is 1. The molecule has 1 unspecified atom stereocenters. The van der Waals surface area contributed by atoms with Crippen LogP contribution in [0.4, 0.5) is 0 Å². The topological polar surface area (TPSA) is 123 Å². The Morgan fingerprint density at radius 3 is 2.72 bits per heavy atom. The number of benzene rings is 2. The number of aliphatic hydroxyl groups is 1. The summed E-state index contributed by atoms with van der Waals surface area (Å²) in [5.41, 5.74) is 0.828. The highest BCUT2D eigenvalue weighted by Crippen LogP contribution is 2.35. The van der Waals surface area contributed by atoms with Crippen LogP contribution in [-0.2, 0) is 10.0 Å². The van der Waals surface area contributed by atoms with E-state index in [-0.39, 0.29) is 30.4 Å². The van der Waals surface area contributed by atoms with E-state index in [2.05, 4.69) is 10.0 Å². The van der Waals surface area contributed by atoms with Crippen molar-refractivity contribution < 1.29 is 32.5 Å². The molecule has 3 N–H and O–H groups in total. The van der Waals surface area contributed by atoms with E-state index in [1.54, 1.807) is 31.2 Å². The Labute approximate surface area is 168 Å². The summed E-state index contributed by atoms with van der Waals surface area (Å²) in [5.74, 6) is 1.21. The highest BCUT2D eigenvalue weighted by Gasteiger charge is 2.18. The van der Waals surface area contributed by atoms with Crippen LogP contribution >= 0.6 is 0 Å². The fourth-order valence-corrected chi connectivity index (χ4v) is 3.41. The van der Waals surface area contributed by atoms with Gasteiger partial charge in [0.05, 0.1) is 4.90 Å². The lowest BCUT2D eigenvalue weighted by Crippen LogP contribution is -2.35. The summed E-state index contributed by atoms with van der Waals surface area (Å²) >= 11 is 0. The van der Waals surface area contributed by atoms with Crippen molar-refractivity contribution in [1.29, 1.82) is 0 Å². The zero-order chi connectivity index (χ0) is 21.0. The van der Waals surface area contributed by atoms with Gasteiger partial charge in [-0.1, -0.05) is 6.07 Å². The molecule has 29 heavy (non-hydrogen) atoms. The molecule has 2 aromatic rings. The number of aryl methyl sites for hydroxylation is 1. The van der Waals surface area contributed by atoms with Gasteiger partial charge in [0, 0.05) is 18.2 Å². The minimum Gasteiger partial charge on any atom is -0.491 e. The Hall–Kier alpha value is -2.82. The molecule has 1 heterocycles. The molecule has 0 saturated heterocycles. The molecule has 1 amide bonds. The molecule has 1 aliphatic heterocycles. The van der Waals surface area contributed by atoms with Crippen molar-refractivity contribution in [1.82, 2.24) is 10.0 Å². The summed E-state index contributed by atoms with van der Waals surface area (Å²) in [6.45, 7) is 1.74. The van der Waals surface area contributed by atoms with Crippen molar-refractivity contribution in [3.8, 4) is 17.2 Å². The average molecular weight is 422 g/mol. The quantitative estimate of drug-likeness (QED) is 0.575. The highest BCUT2D eigenvalue weighted by molar-refractivity contribution is 7.89. The number of hydrogen-bond donors (Lipinski definition) is 3. The van der Waals surface area contributed by atoms with Crippen molar-refractivity contribution in [3.05, 3.63) is 47.5 Å². The van der Waals surface area contributed by atoms with Crippen LogP contribution in [0.2, 0.25) is 0 Å². The van der Waals surface area contributed by atoms with Gasteiger partial charge in [0.15, 0.2) is 11.5 Å². The first kappa shape index (κ1) is 20.9. The fourth-order valence-electron chi connectivity index (χ4n) is 2.65. The fraction of sp³-hybridized carbons (Fsp3) is 0.316. The molecule has 2 aromatic carbocycles. The van der Waals surface area contributed by atoms with Crippen molar-refractivity contribution in [3.63, 3.8) is 0 Å². The van der Waals surface area contributed by atoms with E-state index in [1.807, 2.05) is 0 Å². The van der Waals surface area contributed by atoms with Gasteiger partial charge >= 0.3 is 0 Å². The van der Waals surface area contributed by atoms with Crippen LogP contribution in [0.15, 0.2) is 41.3 Å². The molecule has 1 atom stereocenters. The molecular weight excluding hydrogens is 400 g/mol. The molecule has 9 nitrogen and oxygen atoms in total. The lowest BCUT2D eigenvalue weighted by Gasteiger charge is -2.14. The van der Waals surface area contributed by atoms with E-state index in [1.165, 1.54) is 19.2 Å². The molecular formula is C19H22N2O7S. The number of amides is 1. The number of sulfonamides is 1. The first-order chi connectivity index (χ1) is 13.8. The number of ether oxygens (including phenoxy) is 3. The van der Waals surface area contributed by atoms with Gasteiger partial charge in [-0.15, -0.1) is 0 Å². The van der Waals surface area contributed by atoms with E-state index >= 15 is 0 Å². The van der Waals surface area contributed by atoms with Crippen LogP contribution in [0.3, 0.4) is 0 Å². The van der Waals surface area contributed by atoms with Gasteiger partial charge < -0.3 is 24.6 Å². The second kappa shape index (κ2) is 8.68. The molecule has 0 aliphatic carbocycles. The first-order valence-corrected chi connectivity index (χ1v) is 10.3. The standard InChI is InChI=1S/C19H22N2O7S/c1-12-3-5-15(29(24,25)20-2)8-16(12)19(23)21-9-13(22)10-26-14-4-6-17-18(7-14)28-11-27-17/h3-8,13,20,22H,9-11H2,1-2H3,(H,21,23). The maximum absolute atomic E-state index is 12.4. The van der Waals surface area contributed by atoms with Crippen LogP contribution in [0.5, 0.6) is 17.2 Å². The van der Waals surface area contributed by atoms with Crippen molar-refractivity contribution in [2.75, 3.05) is 27.0 Å². The summed E-state index contributed by atoms with van der Waals surface area (Å²) in [5, 5.41) is 12.7. The average Bonchev–Trinajstić information content (AvgIpc) is 3.18. The molecule has 0 fully saturated rings. The van der Waals surface area contributed by atoms with Crippen LogP contribution in [0, 0.1) is 6.92 Å². The Morgan fingerprint density at radius 2 is 1.97 bits per heavy atom. The van der Waals surface area contributed by atoms with E-state index in [4.69, 9.17) is 14.2 Å². The van der Waals surface area contributed by atoms with Gasteiger partial charge in [-0.05, 0) is 43.8 Å².